The molecule has 110 valence electrons. The van der Waals surface area contributed by atoms with Crippen molar-refractivity contribution < 1.29 is 0 Å². The maximum Gasteiger partial charge on any atom is 0.185 e. The van der Waals surface area contributed by atoms with Crippen molar-refractivity contribution in [2.45, 2.75) is 54.0 Å². The van der Waals surface area contributed by atoms with Gasteiger partial charge in [0.1, 0.15) is 0 Å². The highest BCUT2D eigenvalue weighted by Gasteiger charge is 2.15. The van der Waals surface area contributed by atoms with E-state index in [4.69, 9.17) is 4.98 Å². The van der Waals surface area contributed by atoms with Crippen LogP contribution in [0, 0.1) is 12.8 Å². The fraction of sp³-hybridized carbons (Fsp3) is 0.800. The lowest BCUT2D eigenvalue weighted by atomic mass is 10.0. The van der Waals surface area contributed by atoms with Crippen molar-refractivity contribution in [3.8, 4) is 0 Å². The minimum absolute atomic E-state index is 0.779. The number of hydrogen-bond donors (Lipinski definition) is 1. The van der Waals surface area contributed by atoms with E-state index in [-0.39, 0.29) is 0 Å². The Morgan fingerprint density at radius 1 is 1.21 bits per heavy atom. The summed E-state index contributed by atoms with van der Waals surface area (Å²) < 4.78 is 0. The molecule has 0 atom stereocenters. The van der Waals surface area contributed by atoms with E-state index in [1.54, 1.807) is 0 Å². The number of nitrogens with one attached hydrogen (secondary N) is 1. The summed E-state index contributed by atoms with van der Waals surface area (Å²) in [5.74, 6) is 0.779. The molecular weight excluding hydrogens is 254 g/mol. The van der Waals surface area contributed by atoms with Crippen molar-refractivity contribution in [2.75, 3.05) is 24.5 Å². The molecule has 0 aliphatic carbocycles. The van der Waals surface area contributed by atoms with Crippen LogP contribution in [0.1, 0.15) is 51.1 Å². The quantitative estimate of drug-likeness (QED) is 0.746. The second-order valence-electron chi connectivity index (χ2n) is 5.01. The molecule has 0 saturated heterocycles. The molecule has 1 aromatic rings. The van der Waals surface area contributed by atoms with E-state index < -0.39 is 0 Å². The minimum atomic E-state index is 0.779. The van der Waals surface area contributed by atoms with Gasteiger partial charge >= 0.3 is 0 Å². The first-order valence-electron chi connectivity index (χ1n) is 7.58. The zero-order chi connectivity index (χ0) is 14.3. The number of anilines is 1. The van der Waals surface area contributed by atoms with Crippen LogP contribution in [0.2, 0.25) is 0 Å². The second kappa shape index (κ2) is 8.54. The van der Waals surface area contributed by atoms with E-state index in [2.05, 4.69) is 44.8 Å². The number of thiazole rings is 1. The largest absolute Gasteiger partial charge is 0.348 e. The van der Waals surface area contributed by atoms with Crippen LogP contribution in [-0.4, -0.2) is 24.6 Å². The summed E-state index contributed by atoms with van der Waals surface area (Å²) in [6.45, 7) is 15.2. The summed E-state index contributed by atoms with van der Waals surface area (Å²) in [7, 11) is 0. The highest BCUT2D eigenvalue weighted by Crippen LogP contribution is 2.27. The molecule has 0 fully saturated rings. The molecule has 1 rings (SSSR count). The summed E-state index contributed by atoms with van der Waals surface area (Å²) in [4.78, 5) is 8.57. The summed E-state index contributed by atoms with van der Waals surface area (Å²) in [5.41, 5.74) is 1.18. The first-order valence-corrected chi connectivity index (χ1v) is 8.39. The average Bonchev–Trinajstić information content (AvgIpc) is 2.79. The standard InChI is InChI=1S/C15H29N3S/c1-6-13(7-2)11-18(9-4)15-17-12(5)14(19-15)10-16-8-3/h13,16H,6-11H2,1-5H3. The van der Waals surface area contributed by atoms with Gasteiger partial charge in [0.25, 0.3) is 0 Å². The van der Waals surface area contributed by atoms with Gasteiger partial charge in [0.05, 0.1) is 5.69 Å². The number of aryl methyl sites for hydroxylation is 1. The Hall–Kier alpha value is -0.610. The third-order valence-electron chi connectivity index (χ3n) is 3.70. The third-order valence-corrected chi connectivity index (χ3v) is 4.92. The zero-order valence-corrected chi connectivity index (χ0v) is 13.9. The van der Waals surface area contributed by atoms with Gasteiger partial charge in [-0.1, -0.05) is 33.6 Å². The molecule has 3 nitrogen and oxygen atoms in total. The van der Waals surface area contributed by atoms with E-state index in [1.165, 1.54) is 28.5 Å². The minimum Gasteiger partial charge on any atom is -0.348 e. The molecule has 4 heteroatoms. The molecule has 1 heterocycles. The van der Waals surface area contributed by atoms with Crippen molar-refractivity contribution in [3.63, 3.8) is 0 Å². The summed E-state index contributed by atoms with van der Waals surface area (Å²) in [6, 6.07) is 0. The zero-order valence-electron chi connectivity index (χ0n) is 13.1. The maximum atomic E-state index is 4.76. The van der Waals surface area contributed by atoms with E-state index in [0.717, 1.165) is 32.1 Å². The lowest BCUT2D eigenvalue weighted by Gasteiger charge is -2.24. The molecule has 0 amide bonds. The topological polar surface area (TPSA) is 28.2 Å². The van der Waals surface area contributed by atoms with Crippen LogP contribution in [0.25, 0.3) is 0 Å². The van der Waals surface area contributed by atoms with Gasteiger partial charge in [-0.2, -0.15) is 0 Å². The van der Waals surface area contributed by atoms with Gasteiger partial charge in [0.15, 0.2) is 5.13 Å². The van der Waals surface area contributed by atoms with Crippen LogP contribution in [-0.2, 0) is 6.54 Å². The van der Waals surface area contributed by atoms with Crippen molar-refractivity contribution in [1.29, 1.82) is 0 Å². The molecule has 0 aliphatic rings. The Bertz CT molecular complexity index is 358. The Labute approximate surface area is 122 Å². The Balaban J connectivity index is 2.75. The lowest BCUT2D eigenvalue weighted by Crippen LogP contribution is -2.28. The molecule has 0 spiro atoms. The first-order chi connectivity index (χ1) is 9.15. The molecule has 1 N–H and O–H groups in total. The monoisotopic (exact) mass is 283 g/mol. The molecule has 1 aromatic heterocycles. The number of nitrogens with zero attached hydrogens (tertiary/aromatic N) is 2. The fourth-order valence-corrected chi connectivity index (χ4v) is 3.25. The molecule has 0 unspecified atom stereocenters. The van der Waals surface area contributed by atoms with E-state index >= 15 is 0 Å². The van der Waals surface area contributed by atoms with Crippen LogP contribution < -0.4 is 10.2 Å². The smallest absolute Gasteiger partial charge is 0.185 e. The second-order valence-corrected chi connectivity index (χ2v) is 6.07. The van der Waals surface area contributed by atoms with Gasteiger partial charge < -0.3 is 10.2 Å². The van der Waals surface area contributed by atoms with E-state index in [0.29, 0.717) is 0 Å². The summed E-state index contributed by atoms with van der Waals surface area (Å²) in [6.07, 6.45) is 2.50. The van der Waals surface area contributed by atoms with Gasteiger partial charge in [-0.05, 0) is 26.3 Å². The van der Waals surface area contributed by atoms with Gasteiger partial charge in [-0.25, -0.2) is 4.98 Å². The molecule has 19 heavy (non-hydrogen) atoms. The van der Waals surface area contributed by atoms with Crippen molar-refractivity contribution in [2.24, 2.45) is 5.92 Å². The van der Waals surface area contributed by atoms with Gasteiger partial charge in [0, 0.05) is 24.5 Å². The maximum absolute atomic E-state index is 4.76. The Morgan fingerprint density at radius 3 is 2.42 bits per heavy atom. The molecule has 0 bridgehead atoms. The summed E-state index contributed by atoms with van der Waals surface area (Å²) in [5, 5.41) is 4.58. The van der Waals surface area contributed by atoms with Gasteiger partial charge in [-0.3, -0.25) is 0 Å². The number of rotatable bonds is 9. The molecule has 0 radical (unpaired) electrons. The van der Waals surface area contributed by atoms with Crippen molar-refractivity contribution >= 4 is 16.5 Å². The summed E-state index contributed by atoms with van der Waals surface area (Å²) >= 11 is 1.85. The lowest BCUT2D eigenvalue weighted by molar-refractivity contribution is 0.486. The van der Waals surface area contributed by atoms with Crippen LogP contribution in [0.5, 0.6) is 0 Å². The molecular formula is C15H29N3S. The average molecular weight is 283 g/mol. The predicted molar refractivity (Wildman–Crippen MR) is 86.2 cm³/mol. The van der Waals surface area contributed by atoms with Crippen molar-refractivity contribution in [3.05, 3.63) is 10.6 Å². The Morgan fingerprint density at radius 2 is 1.89 bits per heavy atom. The molecule has 0 saturated carbocycles. The predicted octanol–water partition coefficient (Wildman–Crippen LogP) is 3.82. The van der Waals surface area contributed by atoms with Crippen LogP contribution in [0.4, 0.5) is 5.13 Å². The number of hydrogen-bond acceptors (Lipinski definition) is 4. The van der Waals surface area contributed by atoms with Crippen LogP contribution in [0.15, 0.2) is 0 Å². The fourth-order valence-electron chi connectivity index (χ4n) is 2.15. The number of aromatic nitrogens is 1. The SMILES string of the molecule is CCNCc1sc(N(CC)CC(CC)CC)nc1C. The highest BCUT2D eigenvalue weighted by atomic mass is 32.1. The first kappa shape index (κ1) is 16.4. The van der Waals surface area contributed by atoms with Crippen LogP contribution >= 0.6 is 11.3 Å². The van der Waals surface area contributed by atoms with E-state index in [1.807, 2.05) is 11.3 Å². The highest BCUT2D eigenvalue weighted by molar-refractivity contribution is 7.15. The van der Waals surface area contributed by atoms with E-state index in [9.17, 15) is 0 Å². The normalized spacial score (nSPS) is 11.3. The van der Waals surface area contributed by atoms with Crippen LogP contribution in [0.3, 0.4) is 0 Å². The van der Waals surface area contributed by atoms with Gasteiger partial charge in [-0.15, -0.1) is 11.3 Å². The van der Waals surface area contributed by atoms with Crippen molar-refractivity contribution in [1.82, 2.24) is 10.3 Å². The Kier molecular flexibility index (Phi) is 7.39. The molecule has 0 aliphatic heterocycles. The van der Waals surface area contributed by atoms with Gasteiger partial charge in [0.2, 0.25) is 0 Å². The molecule has 0 aromatic carbocycles. The third kappa shape index (κ3) is 4.77.